The first kappa shape index (κ1) is 33.1. The van der Waals surface area contributed by atoms with Gasteiger partial charge in [0, 0.05) is 64.5 Å². The Morgan fingerprint density at radius 1 is 0.884 bits per heavy atom. The van der Waals surface area contributed by atoms with Crippen molar-refractivity contribution in [2.45, 2.75) is 38.8 Å². The van der Waals surface area contributed by atoms with Crippen molar-refractivity contribution in [3.8, 4) is 0 Å². The number of piperazine rings is 1. The molecule has 230 valence electrons. The number of carbonyl (C=O) groups is 2. The molecule has 0 aromatic heterocycles. The molecule has 1 saturated heterocycles. The minimum atomic E-state index is -0.290. The van der Waals surface area contributed by atoms with Crippen LogP contribution in [0, 0.1) is 0 Å². The molecule has 2 atom stereocenters. The van der Waals surface area contributed by atoms with Crippen LogP contribution in [-0.4, -0.2) is 80.5 Å². The van der Waals surface area contributed by atoms with Gasteiger partial charge < -0.3 is 20.4 Å². The summed E-state index contributed by atoms with van der Waals surface area (Å²) in [4.78, 5) is 33.6. The average Bonchev–Trinajstić information content (AvgIpc) is 2.95. The van der Waals surface area contributed by atoms with E-state index in [1.54, 1.807) is 42.5 Å². The number of nitrogens with one attached hydrogen (secondary N) is 2. The highest BCUT2D eigenvalue weighted by molar-refractivity contribution is 6.35. The van der Waals surface area contributed by atoms with Gasteiger partial charge in [-0.05, 0) is 101 Å². The van der Waals surface area contributed by atoms with Crippen LogP contribution >= 0.6 is 34.8 Å². The van der Waals surface area contributed by atoms with Gasteiger partial charge >= 0.3 is 0 Å². The molecule has 0 spiro atoms. The van der Waals surface area contributed by atoms with E-state index in [0.29, 0.717) is 56.9 Å². The molecule has 10 heteroatoms. The van der Waals surface area contributed by atoms with Gasteiger partial charge in [-0.25, -0.2) is 0 Å². The lowest BCUT2D eigenvalue weighted by Gasteiger charge is -2.46. The monoisotopic (exact) mass is 643 g/mol. The largest absolute Gasteiger partial charge is 0.367 e. The lowest BCUT2D eigenvalue weighted by atomic mass is 10.0. The molecule has 2 N–H and O–H groups in total. The third-order valence-electron chi connectivity index (χ3n) is 7.75. The highest BCUT2D eigenvalue weighted by Crippen LogP contribution is 2.32. The van der Waals surface area contributed by atoms with Gasteiger partial charge in [-0.15, -0.1) is 0 Å². The van der Waals surface area contributed by atoms with E-state index >= 15 is 0 Å². The molecule has 43 heavy (non-hydrogen) atoms. The van der Waals surface area contributed by atoms with Crippen molar-refractivity contribution in [1.82, 2.24) is 15.1 Å². The van der Waals surface area contributed by atoms with Crippen molar-refractivity contribution in [1.29, 1.82) is 0 Å². The van der Waals surface area contributed by atoms with Gasteiger partial charge in [0.25, 0.3) is 11.8 Å². The summed E-state index contributed by atoms with van der Waals surface area (Å²) in [5.74, 6) is -0.524. The summed E-state index contributed by atoms with van der Waals surface area (Å²) in [6, 6.07) is 18.3. The quantitative estimate of drug-likeness (QED) is 0.243. The second kappa shape index (κ2) is 15.3. The minimum absolute atomic E-state index is 0.234. The number of benzene rings is 3. The predicted molar refractivity (Wildman–Crippen MR) is 179 cm³/mol. The Morgan fingerprint density at radius 2 is 1.58 bits per heavy atom. The van der Waals surface area contributed by atoms with Crippen molar-refractivity contribution in [3.05, 3.63) is 92.4 Å². The maximum atomic E-state index is 13.3. The lowest BCUT2D eigenvalue weighted by molar-refractivity contribution is 0.0952. The van der Waals surface area contributed by atoms with Crippen LogP contribution in [0.3, 0.4) is 0 Å². The molecule has 1 aliphatic heterocycles. The third-order valence-corrected chi connectivity index (χ3v) is 8.57. The van der Waals surface area contributed by atoms with Crippen LogP contribution in [0.15, 0.2) is 60.7 Å². The molecule has 0 bridgehead atoms. The van der Waals surface area contributed by atoms with Crippen LogP contribution < -0.4 is 15.5 Å². The first-order valence-electron chi connectivity index (χ1n) is 14.6. The second-order valence-electron chi connectivity index (χ2n) is 11.4. The molecule has 4 rings (SSSR count). The smallest absolute Gasteiger partial charge is 0.255 e. The van der Waals surface area contributed by atoms with Gasteiger partial charge in [0.1, 0.15) is 0 Å². The number of rotatable bonds is 11. The maximum Gasteiger partial charge on any atom is 0.255 e. The van der Waals surface area contributed by atoms with E-state index < -0.39 is 0 Å². The second-order valence-corrected chi connectivity index (χ2v) is 12.7. The van der Waals surface area contributed by atoms with Gasteiger partial charge in [0.2, 0.25) is 0 Å². The first-order chi connectivity index (χ1) is 20.5. The molecule has 0 aliphatic carbocycles. The minimum Gasteiger partial charge on any atom is -0.367 e. The number of nitrogens with zero attached hydrogens (tertiary/aromatic N) is 3. The average molecular weight is 645 g/mol. The summed E-state index contributed by atoms with van der Waals surface area (Å²) in [6.07, 6.45) is 1.67. The normalized spacial score (nSPS) is 17.3. The fraction of sp³-hybridized carbons (Fsp3) is 0.394. The standard InChI is InChI=1S/C33H40Cl3N5O2/c1-22-20-40(21-23(2)41(22)16-6-15-39(3)4)31-12-10-26(18-30(31)38-33(43)25-7-5-8-27(34)17-25)32(42)37-14-13-24-9-11-28(35)19-29(24)36/h5,7-12,17-19,22-23H,6,13-16,20-21H2,1-4H3,(H,37,42)(H,38,43). The topological polar surface area (TPSA) is 67.9 Å². The van der Waals surface area contributed by atoms with Crippen molar-refractivity contribution >= 4 is 58.0 Å². The predicted octanol–water partition coefficient (Wildman–Crippen LogP) is 6.72. The van der Waals surface area contributed by atoms with E-state index in [-0.39, 0.29) is 11.8 Å². The van der Waals surface area contributed by atoms with Crippen LogP contribution in [-0.2, 0) is 6.42 Å². The molecule has 3 aromatic rings. The summed E-state index contributed by atoms with van der Waals surface area (Å²) in [5, 5.41) is 7.65. The molecule has 3 aromatic carbocycles. The number of hydrogen-bond acceptors (Lipinski definition) is 5. The molecular formula is C33H40Cl3N5O2. The summed E-state index contributed by atoms with van der Waals surface area (Å²) in [6.45, 7) is 8.59. The zero-order chi connectivity index (χ0) is 31.1. The zero-order valence-corrected chi connectivity index (χ0v) is 27.4. The Labute approximate surface area is 270 Å². The number of anilines is 2. The Hall–Kier alpha value is -2.81. The van der Waals surface area contributed by atoms with E-state index in [2.05, 4.69) is 53.3 Å². The van der Waals surface area contributed by atoms with Gasteiger partial charge in [-0.1, -0.05) is 46.9 Å². The summed E-state index contributed by atoms with van der Waals surface area (Å²) in [7, 11) is 4.20. The number of carbonyl (C=O) groups excluding carboxylic acids is 2. The maximum absolute atomic E-state index is 13.3. The van der Waals surface area contributed by atoms with Crippen LogP contribution in [0.25, 0.3) is 0 Å². The first-order valence-corrected chi connectivity index (χ1v) is 15.7. The Kier molecular flexibility index (Phi) is 11.7. The van der Waals surface area contributed by atoms with E-state index in [9.17, 15) is 9.59 Å². The molecule has 0 radical (unpaired) electrons. The number of hydrogen-bond donors (Lipinski definition) is 2. The van der Waals surface area contributed by atoms with E-state index in [1.807, 2.05) is 18.2 Å². The van der Waals surface area contributed by atoms with Crippen molar-refractivity contribution in [2.24, 2.45) is 0 Å². The third kappa shape index (κ3) is 9.10. The van der Waals surface area contributed by atoms with Gasteiger partial charge in [-0.2, -0.15) is 0 Å². The highest BCUT2D eigenvalue weighted by atomic mass is 35.5. The fourth-order valence-corrected chi connectivity index (χ4v) is 6.27. The zero-order valence-electron chi connectivity index (χ0n) is 25.2. The fourth-order valence-electron chi connectivity index (χ4n) is 5.58. The Bertz CT molecular complexity index is 1420. The van der Waals surface area contributed by atoms with Crippen LogP contribution in [0.1, 0.15) is 46.5 Å². The molecule has 2 amide bonds. The summed E-state index contributed by atoms with van der Waals surface area (Å²) >= 11 is 18.5. The molecule has 1 fully saturated rings. The van der Waals surface area contributed by atoms with Gasteiger partial charge in [-0.3, -0.25) is 14.5 Å². The molecule has 1 heterocycles. The SMILES string of the molecule is CC1CN(c2ccc(C(=O)NCCc3ccc(Cl)cc3Cl)cc2NC(=O)c2cccc(Cl)c2)CC(C)N1CCCN(C)C. The van der Waals surface area contributed by atoms with Crippen molar-refractivity contribution in [2.75, 3.05) is 57.0 Å². The van der Waals surface area contributed by atoms with Crippen LogP contribution in [0.2, 0.25) is 15.1 Å². The number of halogens is 3. The summed E-state index contributed by atoms with van der Waals surface area (Å²) in [5.41, 5.74) is 3.27. The molecule has 2 unspecified atom stereocenters. The van der Waals surface area contributed by atoms with Gasteiger partial charge in [0.05, 0.1) is 11.4 Å². The Balaban J connectivity index is 1.53. The van der Waals surface area contributed by atoms with E-state index in [0.717, 1.165) is 43.9 Å². The summed E-state index contributed by atoms with van der Waals surface area (Å²) < 4.78 is 0. The molecule has 7 nitrogen and oxygen atoms in total. The van der Waals surface area contributed by atoms with Crippen LogP contribution in [0.4, 0.5) is 11.4 Å². The number of amides is 2. The van der Waals surface area contributed by atoms with E-state index in [4.69, 9.17) is 34.8 Å². The Morgan fingerprint density at radius 3 is 2.26 bits per heavy atom. The van der Waals surface area contributed by atoms with Crippen LogP contribution in [0.5, 0.6) is 0 Å². The molecular weight excluding hydrogens is 605 g/mol. The molecule has 0 saturated carbocycles. The van der Waals surface area contributed by atoms with Crippen molar-refractivity contribution < 1.29 is 9.59 Å². The van der Waals surface area contributed by atoms with Crippen molar-refractivity contribution in [3.63, 3.8) is 0 Å². The lowest BCUT2D eigenvalue weighted by Crippen LogP contribution is -2.57. The van der Waals surface area contributed by atoms with E-state index in [1.165, 1.54) is 0 Å². The molecule has 1 aliphatic rings. The highest BCUT2D eigenvalue weighted by Gasteiger charge is 2.30. The van der Waals surface area contributed by atoms with Gasteiger partial charge in [0.15, 0.2) is 0 Å².